The lowest BCUT2D eigenvalue weighted by molar-refractivity contribution is -0.127. The average Bonchev–Trinajstić information content (AvgIpc) is 2.74. The van der Waals surface area contributed by atoms with E-state index in [0.717, 1.165) is 19.1 Å². The first kappa shape index (κ1) is 13.6. The number of rotatable bonds is 7. The molecule has 0 aliphatic carbocycles. The molecular formula is C11H19N3O3. The van der Waals surface area contributed by atoms with Crippen LogP contribution in [-0.4, -0.2) is 36.7 Å². The summed E-state index contributed by atoms with van der Waals surface area (Å²) in [4.78, 5) is 33.4. The molecule has 2 amide bonds. The molecule has 4 N–H and O–H groups in total. The highest BCUT2D eigenvalue weighted by Crippen LogP contribution is 2.07. The number of nitrogens with two attached hydrogens (primary N) is 1. The van der Waals surface area contributed by atoms with Gasteiger partial charge in [-0.1, -0.05) is 0 Å². The van der Waals surface area contributed by atoms with Crippen molar-refractivity contribution in [1.29, 1.82) is 0 Å². The van der Waals surface area contributed by atoms with Crippen LogP contribution in [0.2, 0.25) is 0 Å². The van der Waals surface area contributed by atoms with Gasteiger partial charge >= 0.3 is 0 Å². The van der Waals surface area contributed by atoms with Crippen LogP contribution in [-0.2, 0) is 14.4 Å². The molecule has 1 aliphatic rings. The number of hydrogen-bond acceptors (Lipinski definition) is 4. The Hall–Kier alpha value is -1.43. The summed E-state index contributed by atoms with van der Waals surface area (Å²) in [6.45, 7) is 0.582. The number of aldehydes is 1. The first-order valence-electron chi connectivity index (χ1n) is 5.92. The van der Waals surface area contributed by atoms with E-state index in [9.17, 15) is 14.4 Å². The van der Waals surface area contributed by atoms with Crippen molar-refractivity contribution in [2.75, 3.05) is 6.54 Å². The Morgan fingerprint density at radius 1 is 1.59 bits per heavy atom. The van der Waals surface area contributed by atoms with E-state index < -0.39 is 12.1 Å². The van der Waals surface area contributed by atoms with Gasteiger partial charge in [0, 0.05) is 6.42 Å². The van der Waals surface area contributed by atoms with Crippen LogP contribution in [0, 0.1) is 0 Å². The molecule has 1 aliphatic heterocycles. The molecule has 1 heterocycles. The largest absolute Gasteiger partial charge is 0.345 e. The minimum atomic E-state index is -0.487. The zero-order valence-corrected chi connectivity index (χ0v) is 9.78. The quantitative estimate of drug-likeness (QED) is 0.396. The average molecular weight is 241 g/mol. The molecule has 2 atom stereocenters. The predicted molar refractivity (Wildman–Crippen MR) is 62.1 cm³/mol. The number of carbonyl (C=O) groups is 3. The second-order valence-electron chi connectivity index (χ2n) is 4.19. The van der Waals surface area contributed by atoms with Crippen LogP contribution in [0.25, 0.3) is 0 Å². The summed E-state index contributed by atoms with van der Waals surface area (Å²) >= 11 is 0. The lowest BCUT2D eigenvalue weighted by atomic mass is 10.1. The van der Waals surface area contributed by atoms with Gasteiger partial charge in [-0.3, -0.25) is 9.59 Å². The molecular weight excluding hydrogens is 222 g/mol. The summed E-state index contributed by atoms with van der Waals surface area (Å²) in [6.07, 6.45) is 3.83. The molecule has 0 aromatic carbocycles. The minimum absolute atomic E-state index is 0.115. The van der Waals surface area contributed by atoms with Crippen molar-refractivity contribution in [3.05, 3.63) is 0 Å². The Morgan fingerprint density at radius 3 is 2.88 bits per heavy atom. The van der Waals surface area contributed by atoms with Gasteiger partial charge in [-0.25, -0.2) is 0 Å². The van der Waals surface area contributed by atoms with E-state index in [0.29, 0.717) is 25.8 Å². The zero-order chi connectivity index (χ0) is 12.7. The molecule has 6 heteroatoms. The summed E-state index contributed by atoms with van der Waals surface area (Å²) in [5, 5.41) is 5.19. The van der Waals surface area contributed by atoms with E-state index >= 15 is 0 Å². The van der Waals surface area contributed by atoms with E-state index in [-0.39, 0.29) is 11.8 Å². The van der Waals surface area contributed by atoms with Gasteiger partial charge in [0.25, 0.3) is 0 Å². The van der Waals surface area contributed by atoms with Gasteiger partial charge < -0.3 is 21.2 Å². The number of amides is 2. The number of nitrogens with one attached hydrogen (secondary N) is 2. The third kappa shape index (κ3) is 4.52. The third-order valence-electron chi connectivity index (χ3n) is 2.77. The molecule has 0 aromatic rings. The summed E-state index contributed by atoms with van der Waals surface area (Å²) < 4.78 is 0. The minimum Gasteiger partial charge on any atom is -0.345 e. The van der Waals surface area contributed by atoms with Crippen LogP contribution < -0.4 is 16.4 Å². The summed E-state index contributed by atoms with van der Waals surface area (Å²) in [7, 11) is 0. The predicted octanol–water partition coefficient (Wildman–Crippen LogP) is -0.922. The molecule has 1 saturated heterocycles. The van der Waals surface area contributed by atoms with Crippen LogP contribution in [0.3, 0.4) is 0 Å². The van der Waals surface area contributed by atoms with E-state index in [1.54, 1.807) is 0 Å². The molecule has 0 aromatic heterocycles. The van der Waals surface area contributed by atoms with Crippen LogP contribution >= 0.6 is 0 Å². The van der Waals surface area contributed by atoms with Crippen molar-refractivity contribution in [3.63, 3.8) is 0 Å². The maximum Gasteiger partial charge on any atom is 0.243 e. The smallest absolute Gasteiger partial charge is 0.243 e. The van der Waals surface area contributed by atoms with Crippen molar-refractivity contribution in [3.8, 4) is 0 Å². The Kier molecular flexibility index (Phi) is 5.62. The zero-order valence-electron chi connectivity index (χ0n) is 9.78. The molecule has 1 fully saturated rings. The van der Waals surface area contributed by atoms with Crippen molar-refractivity contribution in [2.45, 2.75) is 44.2 Å². The van der Waals surface area contributed by atoms with Crippen molar-refractivity contribution >= 4 is 18.1 Å². The van der Waals surface area contributed by atoms with Gasteiger partial charge in [0.1, 0.15) is 12.3 Å². The van der Waals surface area contributed by atoms with Gasteiger partial charge in [-0.05, 0) is 32.2 Å². The van der Waals surface area contributed by atoms with Crippen molar-refractivity contribution in [1.82, 2.24) is 10.6 Å². The van der Waals surface area contributed by atoms with Crippen LogP contribution in [0.5, 0.6) is 0 Å². The molecule has 0 bridgehead atoms. The normalized spacial score (nSPS) is 20.8. The molecule has 0 radical (unpaired) electrons. The summed E-state index contributed by atoms with van der Waals surface area (Å²) in [5.41, 5.74) is 5.35. The third-order valence-corrected chi connectivity index (χ3v) is 2.77. The lowest BCUT2D eigenvalue weighted by Crippen LogP contribution is -2.46. The Labute approximate surface area is 100 Å². The Bertz CT molecular complexity index is 294. The van der Waals surface area contributed by atoms with Crippen molar-refractivity contribution < 1.29 is 14.4 Å². The molecule has 17 heavy (non-hydrogen) atoms. The second kappa shape index (κ2) is 7.01. The van der Waals surface area contributed by atoms with E-state index in [2.05, 4.69) is 10.6 Å². The summed E-state index contributed by atoms with van der Waals surface area (Å²) in [5.74, 6) is -0.392. The Balaban J connectivity index is 2.31. The number of hydrogen-bond donors (Lipinski definition) is 3. The van der Waals surface area contributed by atoms with E-state index in [1.165, 1.54) is 0 Å². The first-order chi connectivity index (χ1) is 8.17. The van der Waals surface area contributed by atoms with E-state index in [1.807, 2.05) is 0 Å². The van der Waals surface area contributed by atoms with Gasteiger partial charge in [-0.2, -0.15) is 0 Å². The van der Waals surface area contributed by atoms with Gasteiger partial charge in [0.15, 0.2) is 0 Å². The number of carbonyl (C=O) groups excluding carboxylic acids is 3. The second-order valence-corrected chi connectivity index (χ2v) is 4.19. The van der Waals surface area contributed by atoms with Gasteiger partial charge in [0.05, 0.1) is 6.04 Å². The number of unbranched alkanes of at least 4 members (excludes halogenated alkanes) is 1. The molecule has 1 rings (SSSR count). The van der Waals surface area contributed by atoms with E-state index in [4.69, 9.17) is 5.73 Å². The van der Waals surface area contributed by atoms with Crippen molar-refractivity contribution in [2.24, 2.45) is 5.73 Å². The highest BCUT2D eigenvalue weighted by atomic mass is 16.2. The topological polar surface area (TPSA) is 101 Å². The fraction of sp³-hybridized carbons (Fsp3) is 0.727. The fourth-order valence-corrected chi connectivity index (χ4v) is 1.78. The fourth-order valence-electron chi connectivity index (χ4n) is 1.78. The molecule has 96 valence electrons. The summed E-state index contributed by atoms with van der Waals surface area (Å²) in [6, 6.07) is -0.967. The Morgan fingerprint density at radius 2 is 2.35 bits per heavy atom. The van der Waals surface area contributed by atoms with Gasteiger partial charge in [-0.15, -0.1) is 0 Å². The highest BCUT2D eigenvalue weighted by molar-refractivity contribution is 5.91. The maximum absolute atomic E-state index is 11.7. The van der Waals surface area contributed by atoms with Crippen LogP contribution in [0.15, 0.2) is 0 Å². The molecule has 0 saturated carbocycles. The molecule has 6 nitrogen and oxygen atoms in total. The highest BCUT2D eigenvalue weighted by Gasteiger charge is 2.28. The lowest BCUT2D eigenvalue weighted by Gasteiger charge is -2.15. The SMILES string of the molecule is NCCCC[C@@H](C=O)NC(=O)[C@@H]1CCC(=O)N1. The maximum atomic E-state index is 11.7. The molecule has 0 unspecified atom stereocenters. The standard InChI is InChI=1S/C11H19N3O3/c12-6-2-1-3-8(7-15)13-11(17)9-4-5-10(16)14-9/h7-9H,1-6,12H2,(H,13,17)(H,14,16)/t8-,9-/m0/s1. The van der Waals surface area contributed by atoms with Crippen LogP contribution in [0.1, 0.15) is 32.1 Å². The van der Waals surface area contributed by atoms with Gasteiger partial charge in [0.2, 0.25) is 11.8 Å². The monoisotopic (exact) mass is 241 g/mol. The molecule has 0 spiro atoms. The first-order valence-corrected chi connectivity index (χ1v) is 5.92. The van der Waals surface area contributed by atoms with Crippen LogP contribution in [0.4, 0.5) is 0 Å².